The molecule has 3 nitrogen and oxygen atoms in total. The Kier molecular flexibility index (Phi) is 4.15. The van der Waals surface area contributed by atoms with E-state index in [0.29, 0.717) is 6.54 Å². The van der Waals surface area contributed by atoms with Crippen molar-refractivity contribution in [3.63, 3.8) is 0 Å². The number of benzene rings is 1. The average molecular weight is 233 g/mol. The van der Waals surface area contributed by atoms with Crippen molar-refractivity contribution in [1.82, 2.24) is 5.32 Å². The Morgan fingerprint density at radius 2 is 1.94 bits per heavy atom. The van der Waals surface area contributed by atoms with E-state index in [1.165, 1.54) is 0 Å². The lowest BCUT2D eigenvalue weighted by Gasteiger charge is -2.26. The highest BCUT2D eigenvalue weighted by molar-refractivity contribution is 5.79. The van der Waals surface area contributed by atoms with Crippen molar-refractivity contribution >= 4 is 5.91 Å². The lowest BCUT2D eigenvalue weighted by molar-refractivity contribution is -0.130. The first-order valence-electron chi connectivity index (χ1n) is 6.27. The van der Waals surface area contributed by atoms with Gasteiger partial charge in [0.2, 0.25) is 5.91 Å². The molecule has 0 saturated heterocycles. The monoisotopic (exact) mass is 233 g/mol. The van der Waals surface area contributed by atoms with Gasteiger partial charge in [-0.05, 0) is 18.4 Å². The Morgan fingerprint density at radius 1 is 1.24 bits per heavy atom. The molecule has 0 unspecified atom stereocenters. The van der Waals surface area contributed by atoms with E-state index in [1.807, 2.05) is 30.3 Å². The molecule has 1 amide bonds. The van der Waals surface area contributed by atoms with E-state index in [-0.39, 0.29) is 11.8 Å². The van der Waals surface area contributed by atoms with Crippen LogP contribution in [0.15, 0.2) is 30.3 Å². The van der Waals surface area contributed by atoms with Gasteiger partial charge in [0.1, 0.15) is 0 Å². The third-order valence-electron chi connectivity index (χ3n) is 3.38. The molecule has 0 spiro atoms. The van der Waals surface area contributed by atoms with Crippen molar-refractivity contribution in [1.29, 1.82) is 0 Å². The molecule has 0 radical (unpaired) electrons. The summed E-state index contributed by atoms with van der Waals surface area (Å²) >= 11 is 0. The Labute approximate surface area is 102 Å². The molecule has 2 atom stereocenters. The van der Waals surface area contributed by atoms with Gasteiger partial charge in [-0.25, -0.2) is 0 Å². The summed E-state index contributed by atoms with van der Waals surface area (Å²) in [5.41, 5.74) is 1.09. The van der Waals surface area contributed by atoms with Gasteiger partial charge in [0.15, 0.2) is 0 Å². The molecule has 1 aliphatic carbocycles. The van der Waals surface area contributed by atoms with E-state index in [4.69, 9.17) is 0 Å². The van der Waals surface area contributed by atoms with Crippen molar-refractivity contribution in [2.24, 2.45) is 5.92 Å². The topological polar surface area (TPSA) is 49.3 Å². The molecule has 2 rings (SSSR count). The highest BCUT2D eigenvalue weighted by atomic mass is 16.3. The lowest BCUT2D eigenvalue weighted by atomic mass is 9.86. The summed E-state index contributed by atoms with van der Waals surface area (Å²) < 4.78 is 0. The number of carbonyl (C=O) groups is 1. The molecule has 0 aromatic heterocycles. The molecule has 0 aliphatic heterocycles. The molecule has 3 heteroatoms. The van der Waals surface area contributed by atoms with E-state index in [9.17, 15) is 9.90 Å². The second kappa shape index (κ2) is 5.82. The number of hydrogen-bond donors (Lipinski definition) is 2. The number of carbonyl (C=O) groups excluding carboxylic acids is 1. The van der Waals surface area contributed by atoms with Crippen LogP contribution in [0, 0.1) is 5.92 Å². The van der Waals surface area contributed by atoms with Crippen LogP contribution < -0.4 is 5.32 Å². The molecule has 17 heavy (non-hydrogen) atoms. The summed E-state index contributed by atoms with van der Waals surface area (Å²) in [5.74, 6) is -0.228. The van der Waals surface area contributed by atoms with E-state index >= 15 is 0 Å². The minimum Gasteiger partial charge on any atom is -0.392 e. The summed E-state index contributed by atoms with van der Waals surface area (Å²) in [7, 11) is 0. The molecule has 0 bridgehead atoms. The summed E-state index contributed by atoms with van der Waals surface area (Å²) in [6, 6.07) is 9.83. The van der Waals surface area contributed by atoms with Gasteiger partial charge in [-0.15, -0.1) is 0 Å². The molecular formula is C14H19NO2. The van der Waals surface area contributed by atoms with Crippen molar-refractivity contribution in [3.8, 4) is 0 Å². The molecule has 1 aromatic carbocycles. The molecule has 1 aromatic rings. The highest BCUT2D eigenvalue weighted by Gasteiger charge is 2.28. The third-order valence-corrected chi connectivity index (χ3v) is 3.38. The van der Waals surface area contributed by atoms with Crippen LogP contribution in [0.5, 0.6) is 0 Å². The quantitative estimate of drug-likeness (QED) is 0.837. The number of aliphatic hydroxyl groups excluding tert-OH is 1. The van der Waals surface area contributed by atoms with Gasteiger partial charge < -0.3 is 10.4 Å². The molecule has 1 aliphatic rings. The normalized spacial score (nSPS) is 24.3. The Balaban J connectivity index is 1.84. The number of amides is 1. The van der Waals surface area contributed by atoms with Crippen molar-refractivity contribution in [2.45, 2.75) is 38.3 Å². The first kappa shape index (κ1) is 12.1. The van der Waals surface area contributed by atoms with Crippen LogP contribution in [0.3, 0.4) is 0 Å². The Morgan fingerprint density at radius 3 is 2.65 bits per heavy atom. The van der Waals surface area contributed by atoms with Gasteiger partial charge in [0.25, 0.3) is 0 Å². The standard InChI is InChI=1S/C14H19NO2/c16-13-9-5-4-8-12(13)14(17)15-10-11-6-2-1-3-7-11/h1-3,6-7,12-13,16H,4-5,8-10H2,(H,15,17)/t12-,13-/m1/s1. The maximum Gasteiger partial charge on any atom is 0.225 e. The maximum absolute atomic E-state index is 11.9. The third kappa shape index (κ3) is 3.30. The van der Waals surface area contributed by atoms with Gasteiger partial charge in [-0.1, -0.05) is 43.2 Å². The molecule has 2 N–H and O–H groups in total. The van der Waals surface area contributed by atoms with Crippen LogP contribution in [0.25, 0.3) is 0 Å². The van der Waals surface area contributed by atoms with Gasteiger partial charge in [-0.2, -0.15) is 0 Å². The largest absolute Gasteiger partial charge is 0.392 e. The minimum absolute atomic E-state index is 0.0129. The molecule has 1 fully saturated rings. The summed E-state index contributed by atoms with van der Waals surface area (Å²) in [5, 5.41) is 12.7. The van der Waals surface area contributed by atoms with Gasteiger partial charge >= 0.3 is 0 Å². The average Bonchev–Trinajstić information content (AvgIpc) is 2.38. The van der Waals surface area contributed by atoms with E-state index in [2.05, 4.69) is 5.32 Å². The summed E-state index contributed by atoms with van der Waals surface area (Å²) in [4.78, 5) is 11.9. The number of hydrogen-bond acceptors (Lipinski definition) is 2. The van der Waals surface area contributed by atoms with Crippen LogP contribution >= 0.6 is 0 Å². The number of aliphatic hydroxyl groups is 1. The van der Waals surface area contributed by atoms with Crippen LogP contribution in [-0.2, 0) is 11.3 Å². The van der Waals surface area contributed by atoms with Crippen molar-refractivity contribution in [2.75, 3.05) is 0 Å². The van der Waals surface area contributed by atoms with Crippen LogP contribution in [0.4, 0.5) is 0 Å². The molecule has 0 heterocycles. The number of rotatable bonds is 3. The fourth-order valence-electron chi connectivity index (χ4n) is 2.33. The Hall–Kier alpha value is -1.35. The van der Waals surface area contributed by atoms with Crippen molar-refractivity contribution < 1.29 is 9.90 Å². The zero-order chi connectivity index (χ0) is 12.1. The fourth-order valence-corrected chi connectivity index (χ4v) is 2.33. The number of nitrogens with one attached hydrogen (secondary N) is 1. The van der Waals surface area contributed by atoms with Crippen LogP contribution in [0.1, 0.15) is 31.2 Å². The molecule has 1 saturated carbocycles. The second-order valence-electron chi connectivity index (χ2n) is 4.66. The van der Waals surface area contributed by atoms with Crippen LogP contribution in [0.2, 0.25) is 0 Å². The first-order valence-corrected chi connectivity index (χ1v) is 6.27. The van der Waals surface area contributed by atoms with E-state index in [0.717, 1.165) is 31.2 Å². The van der Waals surface area contributed by atoms with E-state index in [1.54, 1.807) is 0 Å². The fraction of sp³-hybridized carbons (Fsp3) is 0.500. The summed E-state index contributed by atoms with van der Waals surface area (Å²) in [6.45, 7) is 0.545. The molecular weight excluding hydrogens is 214 g/mol. The first-order chi connectivity index (χ1) is 8.27. The van der Waals surface area contributed by atoms with Gasteiger partial charge in [0.05, 0.1) is 12.0 Å². The van der Waals surface area contributed by atoms with Crippen LogP contribution in [-0.4, -0.2) is 17.1 Å². The zero-order valence-electron chi connectivity index (χ0n) is 9.93. The maximum atomic E-state index is 11.9. The van der Waals surface area contributed by atoms with E-state index < -0.39 is 6.10 Å². The SMILES string of the molecule is O=C(NCc1ccccc1)[C@@H]1CCCC[C@H]1O. The van der Waals surface area contributed by atoms with Gasteiger partial charge in [0, 0.05) is 6.54 Å². The van der Waals surface area contributed by atoms with Gasteiger partial charge in [-0.3, -0.25) is 4.79 Å². The zero-order valence-corrected chi connectivity index (χ0v) is 9.93. The lowest BCUT2D eigenvalue weighted by Crippen LogP contribution is -2.39. The second-order valence-corrected chi connectivity index (χ2v) is 4.66. The predicted molar refractivity (Wildman–Crippen MR) is 66.3 cm³/mol. The predicted octanol–water partition coefficient (Wildman–Crippen LogP) is 1.85. The minimum atomic E-state index is -0.459. The molecule has 92 valence electrons. The summed E-state index contributed by atoms with van der Waals surface area (Å²) in [6.07, 6.45) is 3.18. The highest BCUT2D eigenvalue weighted by Crippen LogP contribution is 2.24. The van der Waals surface area contributed by atoms with Crippen molar-refractivity contribution in [3.05, 3.63) is 35.9 Å². The Bertz CT molecular complexity index is 364. The smallest absolute Gasteiger partial charge is 0.225 e.